The van der Waals surface area contributed by atoms with Gasteiger partial charge in [-0.3, -0.25) is 9.63 Å². The van der Waals surface area contributed by atoms with Crippen molar-refractivity contribution in [2.45, 2.75) is 4.90 Å². The number of halogens is 1. The minimum atomic E-state index is -3.90. The lowest BCUT2D eigenvalue weighted by Gasteiger charge is -2.06. The standard InChI is InChI=1S/C8H9ClN2O4S/c9-6-3-1-2-4-7(6)16(13,14)11-15-5-8(10)12/h1-4,11H,5H2,(H2,10,12). The molecule has 1 aromatic carbocycles. The average Bonchev–Trinajstić information content (AvgIpc) is 2.17. The van der Waals surface area contributed by atoms with Gasteiger partial charge in [-0.25, -0.2) is 8.42 Å². The van der Waals surface area contributed by atoms with E-state index in [0.29, 0.717) is 0 Å². The highest BCUT2D eigenvalue weighted by molar-refractivity contribution is 7.89. The average molecular weight is 265 g/mol. The second-order valence-electron chi connectivity index (χ2n) is 2.77. The van der Waals surface area contributed by atoms with E-state index in [9.17, 15) is 13.2 Å². The van der Waals surface area contributed by atoms with Crippen LogP contribution in [0.15, 0.2) is 29.2 Å². The first-order valence-corrected chi connectivity index (χ1v) is 5.96. The number of nitrogens with two attached hydrogens (primary N) is 1. The van der Waals surface area contributed by atoms with Gasteiger partial charge < -0.3 is 5.73 Å². The van der Waals surface area contributed by atoms with Gasteiger partial charge in [-0.1, -0.05) is 28.6 Å². The molecular weight excluding hydrogens is 256 g/mol. The minimum Gasteiger partial charge on any atom is -0.368 e. The number of benzene rings is 1. The highest BCUT2D eigenvalue weighted by Crippen LogP contribution is 2.19. The summed E-state index contributed by atoms with van der Waals surface area (Å²) < 4.78 is 23.1. The molecule has 0 bridgehead atoms. The molecule has 0 atom stereocenters. The Morgan fingerprint density at radius 2 is 2.06 bits per heavy atom. The van der Waals surface area contributed by atoms with E-state index in [1.165, 1.54) is 18.2 Å². The summed E-state index contributed by atoms with van der Waals surface area (Å²) >= 11 is 5.68. The summed E-state index contributed by atoms with van der Waals surface area (Å²) in [7, 11) is -3.90. The molecule has 0 unspecified atom stereocenters. The van der Waals surface area contributed by atoms with Crippen molar-refractivity contribution < 1.29 is 18.0 Å². The zero-order valence-corrected chi connectivity index (χ0v) is 9.59. The first kappa shape index (κ1) is 12.9. The van der Waals surface area contributed by atoms with Gasteiger partial charge in [0.05, 0.1) is 5.02 Å². The van der Waals surface area contributed by atoms with Crippen molar-refractivity contribution >= 4 is 27.5 Å². The van der Waals surface area contributed by atoms with Crippen molar-refractivity contribution in [2.24, 2.45) is 5.73 Å². The maximum absolute atomic E-state index is 11.6. The van der Waals surface area contributed by atoms with E-state index in [2.05, 4.69) is 4.84 Å². The van der Waals surface area contributed by atoms with Crippen LogP contribution in [0.5, 0.6) is 0 Å². The van der Waals surface area contributed by atoms with Crippen LogP contribution in [-0.4, -0.2) is 20.9 Å². The molecular formula is C8H9ClN2O4S. The zero-order valence-electron chi connectivity index (χ0n) is 8.01. The lowest BCUT2D eigenvalue weighted by molar-refractivity contribution is -0.123. The molecule has 0 heterocycles. The highest BCUT2D eigenvalue weighted by atomic mass is 35.5. The Morgan fingerprint density at radius 3 is 2.62 bits per heavy atom. The Kier molecular flexibility index (Phi) is 4.25. The topological polar surface area (TPSA) is 98.5 Å². The van der Waals surface area contributed by atoms with Gasteiger partial charge in [0.25, 0.3) is 10.0 Å². The second kappa shape index (κ2) is 5.26. The van der Waals surface area contributed by atoms with Crippen LogP contribution in [0.25, 0.3) is 0 Å². The number of primary amides is 1. The van der Waals surface area contributed by atoms with Crippen LogP contribution >= 0.6 is 11.6 Å². The Bertz CT molecular complexity index is 489. The molecule has 1 aromatic rings. The van der Waals surface area contributed by atoms with Crippen LogP contribution < -0.4 is 10.6 Å². The van der Waals surface area contributed by atoms with Crippen LogP contribution in [0.4, 0.5) is 0 Å². The minimum absolute atomic E-state index is 0.0534. The van der Waals surface area contributed by atoms with Gasteiger partial charge in [0.2, 0.25) is 5.91 Å². The molecule has 0 aromatic heterocycles. The maximum atomic E-state index is 11.6. The Morgan fingerprint density at radius 1 is 1.44 bits per heavy atom. The number of rotatable bonds is 5. The third-order valence-corrected chi connectivity index (χ3v) is 3.22. The van der Waals surface area contributed by atoms with Crippen molar-refractivity contribution in [1.82, 2.24) is 4.89 Å². The first-order valence-electron chi connectivity index (χ1n) is 4.10. The van der Waals surface area contributed by atoms with Crippen LogP contribution in [0.3, 0.4) is 0 Å². The molecule has 6 nitrogen and oxygen atoms in total. The fraction of sp³-hybridized carbons (Fsp3) is 0.125. The molecule has 0 spiro atoms. The molecule has 0 saturated carbocycles. The summed E-state index contributed by atoms with van der Waals surface area (Å²) in [6.45, 7) is -0.552. The normalized spacial score (nSPS) is 11.3. The van der Waals surface area contributed by atoms with Crippen molar-refractivity contribution in [3.63, 3.8) is 0 Å². The number of carbonyl (C=O) groups excluding carboxylic acids is 1. The fourth-order valence-corrected chi connectivity index (χ4v) is 2.21. The molecule has 1 rings (SSSR count). The van der Waals surface area contributed by atoms with Gasteiger partial charge >= 0.3 is 0 Å². The molecule has 3 N–H and O–H groups in total. The summed E-state index contributed by atoms with van der Waals surface area (Å²) in [4.78, 5) is 16.3. The second-order valence-corrected chi connectivity index (χ2v) is 4.79. The third-order valence-electron chi connectivity index (χ3n) is 1.51. The van der Waals surface area contributed by atoms with Crippen molar-refractivity contribution in [2.75, 3.05) is 6.61 Å². The summed E-state index contributed by atoms with van der Waals surface area (Å²) in [5.41, 5.74) is 4.77. The van der Waals surface area contributed by atoms with Gasteiger partial charge in [-0.2, -0.15) is 0 Å². The van der Waals surface area contributed by atoms with Crippen molar-refractivity contribution in [3.05, 3.63) is 29.3 Å². The van der Waals surface area contributed by atoms with Gasteiger partial charge in [0.15, 0.2) is 0 Å². The summed E-state index contributed by atoms with van der Waals surface area (Å²) in [5, 5.41) is 0.0534. The monoisotopic (exact) mass is 264 g/mol. The first-order chi connectivity index (χ1) is 7.43. The quantitative estimate of drug-likeness (QED) is 0.733. The van der Waals surface area contributed by atoms with Crippen LogP contribution in [0.2, 0.25) is 5.02 Å². The largest absolute Gasteiger partial charge is 0.368 e. The van der Waals surface area contributed by atoms with Crippen molar-refractivity contribution in [3.8, 4) is 0 Å². The van der Waals surface area contributed by atoms with Crippen LogP contribution in [0.1, 0.15) is 0 Å². The Labute approximate surface area is 97.3 Å². The number of sulfonamides is 1. The van der Waals surface area contributed by atoms with Gasteiger partial charge in [-0.15, -0.1) is 0 Å². The summed E-state index contributed by atoms with van der Waals surface area (Å²) in [6.07, 6.45) is 0. The third kappa shape index (κ3) is 3.46. The van der Waals surface area contributed by atoms with Crippen molar-refractivity contribution in [1.29, 1.82) is 0 Å². The number of carbonyl (C=O) groups is 1. The Balaban J connectivity index is 2.79. The molecule has 16 heavy (non-hydrogen) atoms. The SMILES string of the molecule is NC(=O)CONS(=O)(=O)c1ccccc1Cl. The molecule has 0 radical (unpaired) electrons. The van der Waals surface area contributed by atoms with E-state index in [1.54, 1.807) is 11.0 Å². The Hall–Kier alpha value is -1.15. The molecule has 0 aliphatic carbocycles. The predicted molar refractivity (Wildman–Crippen MR) is 56.9 cm³/mol. The van der Waals surface area contributed by atoms with Gasteiger partial charge in [0.1, 0.15) is 11.5 Å². The van der Waals surface area contributed by atoms with E-state index >= 15 is 0 Å². The highest BCUT2D eigenvalue weighted by Gasteiger charge is 2.17. The maximum Gasteiger partial charge on any atom is 0.263 e. The van der Waals surface area contributed by atoms with E-state index in [0.717, 1.165) is 0 Å². The molecule has 1 amide bonds. The lowest BCUT2D eigenvalue weighted by atomic mass is 10.4. The molecule has 0 saturated heterocycles. The molecule has 0 fully saturated rings. The summed E-state index contributed by atoms with van der Waals surface area (Å²) in [6, 6.07) is 5.82. The smallest absolute Gasteiger partial charge is 0.263 e. The van der Waals surface area contributed by atoms with Gasteiger partial charge in [0, 0.05) is 0 Å². The number of hydrogen-bond donors (Lipinski definition) is 2. The number of nitrogens with one attached hydrogen (secondary N) is 1. The number of hydrogen-bond acceptors (Lipinski definition) is 4. The van der Waals surface area contributed by atoms with Gasteiger partial charge in [-0.05, 0) is 12.1 Å². The zero-order chi connectivity index (χ0) is 12.2. The van der Waals surface area contributed by atoms with Crippen LogP contribution in [0, 0.1) is 0 Å². The fourth-order valence-electron chi connectivity index (χ4n) is 0.886. The van der Waals surface area contributed by atoms with E-state index < -0.39 is 22.5 Å². The lowest BCUT2D eigenvalue weighted by Crippen LogP contribution is -2.29. The van der Waals surface area contributed by atoms with E-state index in [1.807, 2.05) is 0 Å². The molecule has 8 heteroatoms. The predicted octanol–water partition coefficient (Wildman–Crippen LogP) is 0.0352. The molecule has 0 aliphatic rings. The molecule has 0 aliphatic heterocycles. The van der Waals surface area contributed by atoms with E-state index in [-0.39, 0.29) is 9.92 Å². The molecule has 88 valence electrons. The van der Waals surface area contributed by atoms with E-state index in [4.69, 9.17) is 17.3 Å². The summed E-state index contributed by atoms with van der Waals surface area (Å²) in [5.74, 6) is -0.790. The number of amides is 1. The van der Waals surface area contributed by atoms with Crippen LogP contribution in [-0.2, 0) is 19.7 Å².